The van der Waals surface area contributed by atoms with Gasteiger partial charge in [-0.25, -0.2) is 4.98 Å². The average Bonchev–Trinajstić information content (AvgIpc) is 3.24. The lowest BCUT2D eigenvalue weighted by molar-refractivity contribution is -0.113. The Bertz CT molecular complexity index is 1150. The van der Waals surface area contributed by atoms with Gasteiger partial charge in [-0.2, -0.15) is 4.98 Å². The van der Waals surface area contributed by atoms with E-state index < -0.39 is 0 Å². The van der Waals surface area contributed by atoms with Crippen LogP contribution < -0.4 is 15.8 Å². The molecule has 0 unspecified atom stereocenters. The molecule has 0 saturated carbocycles. The van der Waals surface area contributed by atoms with Crippen molar-refractivity contribution < 1.29 is 4.79 Å². The quantitative estimate of drug-likeness (QED) is 0.222. The number of aryl methyl sites for hydroxylation is 1. The second-order valence-corrected chi connectivity index (χ2v) is 9.48. The second kappa shape index (κ2) is 12.0. The van der Waals surface area contributed by atoms with Crippen LogP contribution in [-0.2, 0) is 17.8 Å². The number of rotatable bonds is 12. The molecule has 0 fully saturated rings. The molecular formula is C24H31N5O2S2. The summed E-state index contributed by atoms with van der Waals surface area (Å²) in [4.78, 5) is 36.9. The van der Waals surface area contributed by atoms with E-state index >= 15 is 0 Å². The fraction of sp³-hybridized carbons (Fsp3) is 0.417. The van der Waals surface area contributed by atoms with Crippen LogP contribution in [0.25, 0.3) is 10.3 Å². The third-order valence-corrected chi connectivity index (χ3v) is 7.27. The number of thiazole rings is 1. The SMILES string of the molecule is C=CCn1c(SCC(=O)Nc2ccc(CCCC)cc2)nc2nc(N(CC)CC)sc2c1=O. The summed E-state index contributed by atoms with van der Waals surface area (Å²) in [5.74, 6) is -0.0115. The van der Waals surface area contributed by atoms with Crippen molar-refractivity contribution in [2.45, 2.75) is 51.7 Å². The van der Waals surface area contributed by atoms with E-state index in [9.17, 15) is 9.59 Å². The smallest absolute Gasteiger partial charge is 0.274 e. The summed E-state index contributed by atoms with van der Waals surface area (Å²) in [7, 11) is 0. The zero-order valence-corrected chi connectivity index (χ0v) is 21.1. The summed E-state index contributed by atoms with van der Waals surface area (Å²) in [5, 5.41) is 4.17. The molecule has 3 rings (SSSR count). The van der Waals surface area contributed by atoms with Gasteiger partial charge >= 0.3 is 0 Å². The first kappa shape index (κ1) is 25.0. The number of thioether (sulfide) groups is 1. The van der Waals surface area contributed by atoms with Gasteiger partial charge in [-0.05, 0) is 44.4 Å². The normalized spacial score (nSPS) is 11.0. The largest absolute Gasteiger partial charge is 0.349 e. The van der Waals surface area contributed by atoms with Gasteiger partial charge in [0.15, 0.2) is 15.9 Å². The lowest BCUT2D eigenvalue weighted by atomic mass is 10.1. The first-order chi connectivity index (χ1) is 16.0. The highest BCUT2D eigenvalue weighted by Crippen LogP contribution is 2.27. The summed E-state index contributed by atoms with van der Waals surface area (Å²) >= 11 is 2.59. The first-order valence-electron chi connectivity index (χ1n) is 11.3. The van der Waals surface area contributed by atoms with Gasteiger partial charge in [-0.3, -0.25) is 14.2 Å². The van der Waals surface area contributed by atoms with E-state index in [1.807, 2.05) is 24.3 Å². The molecule has 0 aliphatic carbocycles. The monoisotopic (exact) mass is 485 g/mol. The molecule has 0 radical (unpaired) electrons. The number of fused-ring (bicyclic) bond motifs is 1. The maximum atomic E-state index is 13.1. The highest BCUT2D eigenvalue weighted by atomic mass is 32.2. The van der Waals surface area contributed by atoms with Crippen LogP contribution in [0.1, 0.15) is 39.2 Å². The molecule has 0 aliphatic heterocycles. The number of hydrogen-bond acceptors (Lipinski definition) is 7. The predicted octanol–water partition coefficient (Wildman–Crippen LogP) is 4.96. The van der Waals surface area contributed by atoms with E-state index in [-0.39, 0.29) is 17.2 Å². The number of allylic oxidation sites excluding steroid dienone is 1. The first-order valence-corrected chi connectivity index (χ1v) is 13.1. The van der Waals surface area contributed by atoms with Gasteiger partial charge in [0.2, 0.25) is 5.91 Å². The number of amides is 1. The van der Waals surface area contributed by atoms with Crippen molar-refractivity contribution in [3.8, 4) is 0 Å². The maximum Gasteiger partial charge on any atom is 0.274 e. The van der Waals surface area contributed by atoms with Crippen LogP contribution in [0.4, 0.5) is 10.8 Å². The number of unbranched alkanes of at least 4 members (excludes halogenated alkanes) is 1. The summed E-state index contributed by atoms with van der Waals surface area (Å²) in [5.41, 5.74) is 2.30. The van der Waals surface area contributed by atoms with Gasteiger partial charge in [-0.15, -0.1) is 6.58 Å². The molecule has 0 aliphatic rings. The molecule has 1 aromatic carbocycles. The van der Waals surface area contributed by atoms with E-state index in [4.69, 9.17) is 0 Å². The lowest BCUT2D eigenvalue weighted by Crippen LogP contribution is -2.23. The minimum absolute atomic E-state index is 0.139. The number of anilines is 2. The Kier molecular flexibility index (Phi) is 9.08. The number of carbonyl (C=O) groups is 1. The Balaban J connectivity index is 1.75. The van der Waals surface area contributed by atoms with E-state index in [0.717, 1.165) is 43.2 Å². The van der Waals surface area contributed by atoms with Crippen molar-refractivity contribution in [1.29, 1.82) is 0 Å². The van der Waals surface area contributed by atoms with Crippen LogP contribution in [0.15, 0.2) is 46.9 Å². The Morgan fingerprint density at radius 2 is 1.94 bits per heavy atom. The van der Waals surface area contributed by atoms with E-state index in [1.165, 1.54) is 28.7 Å². The van der Waals surface area contributed by atoms with Crippen molar-refractivity contribution >= 4 is 50.2 Å². The highest BCUT2D eigenvalue weighted by Gasteiger charge is 2.18. The summed E-state index contributed by atoms with van der Waals surface area (Å²) < 4.78 is 2.08. The summed E-state index contributed by atoms with van der Waals surface area (Å²) in [6, 6.07) is 7.95. The van der Waals surface area contributed by atoms with Gasteiger partial charge in [-0.1, -0.05) is 54.7 Å². The highest BCUT2D eigenvalue weighted by molar-refractivity contribution is 7.99. The Morgan fingerprint density at radius 3 is 2.58 bits per heavy atom. The maximum absolute atomic E-state index is 13.1. The molecule has 9 heteroatoms. The molecule has 33 heavy (non-hydrogen) atoms. The second-order valence-electron chi connectivity index (χ2n) is 7.56. The van der Waals surface area contributed by atoms with E-state index in [0.29, 0.717) is 22.0 Å². The zero-order chi connectivity index (χ0) is 23.8. The van der Waals surface area contributed by atoms with Crippen molar-refractivity contribution in [2.75, 3.05) is 29.1 Å². The third-order valence-electron chi connectivity index (χ3n) is 5.20. The number of nitrogens with one attached hydrogen (secondary N) is 1. The molecule has 0 spiro atoms. The van der Waals surface area contributed by atoms with E-state index in [2.05, 4.69) is 47.5 Å². The number of carbonyl (C=O) groups excluding carboxylic acids is 1. The summed E-state index contributed by atoms with van der Waals surface area (Å²) in [6.07, 6.45) is 5.01. The fourth-order valence-corrected chi connectivity index (χ4v) is 5.25. The average molecular weight is 486 g/mol. The molecule has 3 aromatic rings. The van der Waals surface area contributed by atoms with Gasteiger partial charge in [0, 0.05) is 25.3 Å². The number of nitrogens with zero attached hydrogens (tertiary/aromatic N) is 4. The molecule has 1 amide bonds. The molecule has 1 N–H and O–H groups in total. The Morgan fingerprint density at radius 1 is 1.21 bits per heavy atom. The van der Waals surface area contributed by atoms with Crippen LogP contribution in [0, 0.1) is 0 Å². The topological polar surface area (TPSA) is 80.1 Å². The van der Waals surface area contributed by atoms with E-state index in [1.54, 1.807) is 10.6 Å². The van der Waals surface area contributed by atoms with Crippen LogP contribution in [-0.4, -0.2) is 39.3 Å². The molecule has 2 heterocycles. The standard InChI is InChI=1S/C24H31N5O2S2/c1-5-9-10-17-11-13-18(14-12-17)25-19(30)16-32-24-27-21-20(22(31)29(24)15-6-2)33-23(26-21)28(7-3)8-4/h6,11-14H,2,5,7-10,15-16H2,1,3-4H3,(H,25,30). The van der Waals surface area contributed by atoms with Crippen LogP contribution in [0.3, 0.4) is 0 Å². The van der Waals surface area contributed by atoms with Gasteiger partial charge < -0.3 is 10.2 Å². The van der Waals surface area contributed by atoms with Crippen LogP contribution >= 0.6 is 23.1 Å². The molecule has 0 atom stereocenters. The Labute approximate surface area is 202 Å². The lowest BCUT2D eigenvalue weighted by Gasteiger charge is -2.15. The summed E-state index contributed by atoms with van der Waals surface area (Å²) in [6.45, 7) is 12.0. The van der Waals surface area contributed by atoms with Gasteiger partial charge in [0.1, 0.15) is 4.70 Å². The molecule has 0 saturated heterocycles. The minimum Gasteiger partial charge on any atom is -0.349 e. The van der Waals surface area contributed by atoms with Crippen LogP contribution in [0.5, 0.6) is 0 Å². The van der Waals surface area contributed by atoms with Crippen molar-refractivity contribution in [3.05, 3.63) is 52.8 Å². The number of aromatic nitrogens is 3. The Hall–Kier alpha value is -2.65. The van der Waals surface area contributed by atoms with Crippen LogP contribution in [0.2, 0.25) is 0 Å². The zero-order valence-electron chi connectivity index (χ0n) is 19.5. The number of hydrogen-bond donors (Lipinski definition) is 1. The number of benzene rings is 1. The minimum atomic E-state index is -0.151. The molecule has 2 aromatic heterocycles. The van der Waals surface area contributed by atoms with Gasteiger partial charge in [0.05, 0.1) is 5.75 Å². The van der Waals surface area contributed by atoms with Gasteiger partial charge in [0.25, 0.3) is 5.56 Å². The molecule has 7 nitrogen and oxygen atoms in total. The van der Waals surface area contributed by atoms with Crippen molar-refractivity contribution in [2.24, 2.45) is 0 Å². The van der Waals surface area contributed by atoms with Crippen molar-refractivity contribution in [3.63, 3.8) is 0 Å². The molecule has 176 valence electrons. The molecule has 0 bridgehead atoms. The predicted molar refractivity (Wildman–Crippen MR) is 140 cm³/mol. The third kappa shape index (κ3) is 6.23. The molecular weight excluding hydrogens is 454 g/mol. The fourth-order valence-electron chi connectivity index (χ4n) is 3.37. The van der Waals surface area contributed by atoms with Crippen molar-refractivity contribution in [1.82, 2.24) is 14.5 Å².